The fourth-order valence-electron chi connectivity index (χ4n) is 2.68. The quantitative estimate of drug-likeness (QED) is 0.663. The summed E-state index contributed by atoms with van der Waals surface area (Å²) in [5.41, 5.74) is 3.43. The standard InChI is InChI=1S/C15H13NO2/c1-8-4-6-10-13-11(7-5-9(2)12(8)13)15(18)16(3)14(10)17/h4-7H,1-3H3. The summed E-state index contributed by atoms with van der Waals surface area (Å²) in [4.78, 5) is 25.5. The summed E-state index contributed by atoms with van der Waals surface area (Å²) in [6.45, 7) is 4.01. The number of benzene rings is 2. The number of aryl methyl sites for hydroxylation is 2. The highest BCUT2D eigenvalue weighted by Crippen LogP contribution is 2.33. The normalized spacial score (nSPS) is 14.5. The summed E-state index contributed by atoms with van der Waals surface area (Å²) in [5.74, 6) is -0.439. The molecule has 0 N–H and O–H groups in total. The molecule has 0 aliphatic carbocycles. The molecule has 0 unspecified atom stereocenters. The van der Waals surface area contributed by atoms with E-state index in [1.54, 1.807) is 0 Å². The van der Waals surface area contributed by atoms with Gasteiger partial charge in [-0.2, -0.15) is 0 Å². The fourth-order valence-corrected chi connectivity index (χ4v) is 2.68. The van der Waals surface area contributed by atoms with Crippen molar-refractivity contribution < 1.29 is 9.59 Å². The molecule has 0 fully saturated rings. The van der Waals surface area contributed by atoms with Crippen molar-refractivity contribution in [3.05, 3.63) is 46.5 Å². The summed E-state index contributed by atoms with van der Waals surface area (Å²) < 4.78 is 0. The van der Waals surface area contributed by atoms with Crippen molar-refractivity contribution in [2.75, 3.05) is 7.05 Å². The van der Waals surface area contributed by atoms with Crippen LogP contribution in [-0.4, -0.2) is 23.8 Å². The lowest BCUT2D eigenvalue weighted by Gasteiger charge is -2.25. The lowest BCUT2D eigenvalue weighted by atomic mass is 9.89. The van der Waals surface area contributed by atoms with Crippen LogP contribution in [0.5, 0.6) is 0 Å². The molecular formula is C15H13NO2. The van der Waals surface area contributed by atoms with Crippen LogP contribution in [0.4, 0.5) is 0 Å². The number of hydrogen-bond donors (Lipinski definition) is 0. The van der Waals surface area contributed by atoms with Gasteiger partial charge < -0.3 is 0 Å². The molecule has 1 aliphatic heterocycles. The Bertz CT molecular complexity index is 659. The van der Waals surface area contributed by atoms with Gasteiger partial charge in [0.05, 0.1) is 0 Å². The van der Waals surface area contributed by atoms with Crippen molar-refractivity contribution in [3.8, 4) is 0 Å². The third-order valence-corrected chi connectivity index (χ3v) is 3.65. The monoisotopic (exact) mass is 239 g/mol. The van der Waals surface area contributed by atoms with Gasteiger partial charge in [0, 0.05) is 23.6 Å². The Morgan fingerprint density at radius 1 is 0.778 bits per heavy atom. The van der Waals surface area contributed by atoms with Gasteiger partial charge in [0.25, 0.3) is 11.8 Å². The van der Waals surface area contributed by atoms with Crippen LogP contribution in [0.25, 0.3) is 10.8 Å². The number of rotatable bonds is 0. The molecule has 2 amide bonds. The maximum Gasteiger partial charge on any atom is 0.261 e. The predicted molar refractivity (Wildman–Crippen MR) is 69.8 cm³/mol. The fraction of sp³-hybridized carbons (Fsp3) is 0.200. The van der Waals surface area contributed by atoms with Gasteiger partial charge in [-0.25, -0.2) is 0 Å². The topological polar surface area (TPSA) is 37.4 Å². The summed E-state index contributed by atoms with van der Waals surface area (Å²) >= 11 is 0. The Kier molecular flexibility index (Phi) is 2.08. The van der Waals surface area contributed by atoms with Gasteiger partial charge in [-0.05, 0) is 42.5 Å². The molecule has 18 heavy (non-hydrogen) atoms. The smallest absolute Gasteiger partial charge is 0.261 e. The lowest BCUT2D eigenvalue weighted by Crippen LogP contribution is -2.37. The summed E-state index contributed by atoms with van der Waals surface area (Å²) in [5, 5.41) is 1.84. The van der Waals surface area contributed by atoms with Gasteiger partial charge in [-0.1, -0.05) is 12.1 Å². The van der Waals surface area contributed by atoms with E-state index >= 15 is 0 Å². The molecule has 90 valence electrons. The molecule has 0 atom stereocenters. The Morgan fingerprint density at radius 3 is 1.67 bits per heavy atom. The number of carbonyl (C=O) groups excluding carboxylic acids is 2. The first-order valence-corrected chi connectivity index (χ1v) is 5.87. The van der Waals surface area contributed by atoms with Gasteiger partial charge in [-0.3, -0.25) is 14.5 Å². The molecule has 1 heterocycles. The minimum absolute atomic E-state index is 0.219. The Morgan fingerprint density at radius 2 is 1.22 bits per heavy atom. The number of imide groups is 1. The highest BCUT2D eigenvalue weighted by molar-refractivity contribution is 6.25. The van der Waals surface area contributed by atoms with Crippen LogP contribution in [0.15, 0.2) is 24.3 Å². The third kappa shape index (κ3) is 1.19. The zero-order valence-electron chi connectivity index (χ0n) is 10.6. The van der Waals surface area contributed by atoms with E-state index in [-0.39, 0.29) is 11.8 Å². The Hall–Kier alpha value is -2.16. The molecule has 3 heteroatoms. The second-order valence-electron chi connectivity index (χ2n) is 4.78. The van der Waals surface area contributed by atoms with E-state index in [9.17, 15) is 9.59 Å². The molecule has 3 nitrogen and oxygen atoms in total. The summed E-state index contributed by atoms with van der Waals surface area (Å²) in [7, 11) is 1.53. The Balaban J connectivity index is 2.58. The molecule has 1 aliphatic rings. The van der Waals surface area contributed by atoms with E-state index in [2.05, 4.69) is 0 Å². The lowest BCUT2D eigenvalue weighted by molar-refractivity contribution is 0.0651. The highest BCUT2D eigenvalue weighted by atomic mass is 16.2. The molecule has 2 aromatic rings. The largest absolute Gasteiger partial charge is 0.277 e. The van der Waals surface area contributed by atoms with E-state index < -0.39 is 0 Å². The van der Waals surface area contributed by atoms with Crippen LogP contribution in [0.1, 0.15) is 31.8 Å². The SMILES string of the molecule is Cc1ccc2c3c(ccc(C)c13)C(=O)N(C)C2=O. The van der Waals surface area contributed by atoms with Gasteiger partial charge in [0.1, 0.15) is 0 Å². The van der Waals surface area contributed by atoms with Crippen molar-refractivity contribution in [1.82, 2.24) is 4.90 Å². The molecule has 0 bridgehead atoms. The number of nitrogens with zero attached hydrogens (tertiary/aromatic N) is 1. The number of hydrogen-bond acceptors (Lipinski definition) is 2. The predicted octanol–water partition coefficient (Wildman–Crippen LogP) is 2.68. The maximum atomic E-state index is 12.1. The van der Waals surface area contributed by atoms with E-state index in [0.717, 1.165) is 21.9 Å². The third-order valence-electron chi connectivity index (χ3n) is 3.65. The second-order valence-corrected chi connectivity index (χ2v) is 4.78. The first kappa shape index (κ1) is 11.0. The van der Waals surface area contributed by atoms with Crippen LogP contribution in [0.2, 0.25) is 0 Å². The van der Waals surface area contributed by atoms with Crippen molar-refractivity contribution >= 4 is 22.6 Å². The molecule has 2 aromatic carbocycles. The van der Waals surface area contributed by atoms with Crippen molar-refractivity contribution in [2.24, 2.45) is 0 Å². The van der Waals surface area contributed by atoms with Gasteiger partial charge in [0.15, 0.2) is 0 Å². The zero-order chi connectivity index (χ0) is 13.0. The highest BCUT2D eigenvalue weighted by Gasteiger charge is 2.30. The minimum Gasteiger partial charge on any atom is -0.277 e. The first-order chi connectivity index (χ1) is 8.52. The van der Waals surface area contributed by atoms with E-state index in [0.29, 0.717) is 11.1 Å². The van der Waals surface area contributed by atoms with Crippen molar-refractivity contribution in [1.29, 1.82) is 0 Å². The van der Waals surface area contributed by atoms with Crippen LogP contribution in [0, 0.1) is 13.8 Å². The second kappa shape index (κ2) is 3.42. The average Bonchev–Trinajstić information content (AvgIpc) is 2.35. The van der Waals surface area contributed by atoms with E-state index in [1.165, 1.54) is 11.9 Å². The summed E-state index contributed by atoms with van der Waals surface area (Å²) in [6.07, 6.45) is 0. The van der Waals surface area contributed by atoms with E-state index in [4.69, 9.17) is 0 Å². The van der Waals surface area contributed by atoms with Gasteiger partial charge >= 0.3 is 0 Å². The van der Waals surface area contributed by atoms with Gasteiger partial charge in [0.2, 0.25) is 0 Å². The number of carbonyl (C=O) groups is 2. The molecule has 0 saturated heterocycles. The van der Waals surface area contributed by atoms with Crippen molar-refractivity contribution in [3.63, 3.8) is 0 Å². The molecule has 0 aromatic heterocycles. The first-order valence-electron chi connectivity index (χ1n) is 5.87. The molecule has 3 rings (SSSR count). The van der Waals surface area contributed by atoms with Crippen LogP contribution < -0.4 is 0 Å². The minimum atomic E-state index is -0.219. The van der Waals surface area contributed by atoms with Crippen LogP contribution in [-0.2, 0) is 0 Å². The average molecular weight is 239 g/mol. The molecule has 0 radical (unpaired) electrons. The Labute approximate surface area is 105 Å². The van der Waals surface area contributed by atoms with E-state index in [1.807, 2.05) is 38.1 Å². The number of amides is 2. The van der Waals surface area contributed by atoms with Gasteiger partial charge in [-0.15, -0.1) is 0 Å². The van der Waals surface area contributed by atoms with Crippen molar-refractivity contribution in [2.45, 2.75) is 13.8 Å². The molecule has 0 saturated carbocycles. The van der Waals surface area contributed by atoms with Crippen LogP contribution >= 0.6 is 0 Å². The zero-order valence-corrected chi connectivity index (χ0v) is 10.6. The van der Waals surface area contributed by atoms with Crippen LogP contribution in [0.3, 0.4) is 0 Å². The molecular weight excluding hydrogens is 226 g/mol. The molecule has 0 spiro atoms. The maximum absolute atomic E-state index is 12.1. The summed E-state index contributed by atoms with van der Waals surface area (Å²) in [6, 6.07) is 7.50.